The van der Waals surface area contributed by atoms with Gasteiger partial charge in [-0.15, -0.1) is 17.0 Å². The number of carboxylic acid groups (broad SMARTS) is 1. The highest BCUT2D eigenvalue weighted by atomic mass is 79.9. The summed E-state index contributed by atoms with van der Waals surface area (Å²) in [6.07, 6.45) is 3.55. The molecular weight excluding hydrogens is 222 g/mol. The molecule has 70 valence electrons. The van der Waals surface area contributed by atoms with E-state index in [1.54, 1.807) is 0 Å². The van der Waals surface area contributed by atoms with Gasteiger partial charge >= 0.3 is 5.97 Å². The molecule has 2 aliphatic rings. The van der Waals surface area contributed by atoms with Gasteiger partial charge in [0.05, 0.1) is 0 Å². The summed E-state index contributed by atoms with van der Waals surface area (Å²) in [5.74, 6) is 0.406. The Morgan fingerprint density at radius 1 is 1.42 bits per heavy atom. The molecule has 1 aliphatic carbocycles. The van der Waals surface area contributed by atoms with E-state index in [1.165, 1.54) is 12.8 Å². The average molecular weight is 236 g/mol. The van der Waals surface area contributed by atoms with Crippen molar-refractivity contribution in [2.24, 2.45) is 11.8 Å². The van der Waals surface area contributed by atoms with Gasteiger partial charge in [-0.1, -0.05) is 6.42 Å². The fourth-order valence-corrected chi connectivity index (χ4v) is 2.46. The first-order chi connectivity index (χ1) is 5.29. The van der Waals surface area contributed by atoms with Crippen LogP contribution in [0.5, 0.6) is 0 Å². The first kappa shape index (κ1) is 9.99. The SMILES string of the molecule is Br.O=C(O)C1NC[C@H]2CCC[C@@H]12. The Bertz CT molecular complexity index is 186. The third kappa shape index (κ3) is 1.50. The maximum atomic E-state index is 10.7. The van der Waals surface area contributed by atoms with Gasteiger partial charge in [0.15, 0.2) is 0 Å². The van der Waals surface area contributed by atoms with Crippen LogP contribution in [0.2, 0.25) is 0 Å². The molecule has 2 fully saturated rings. The van der Waals surface area contributed by atoms with Crippen molar-refractivity contribution in [2.45, 2.75) is 25.3 Å². The van der Waals surface area contributed by atoms with Gasteiger partial charge in [0.25, 0.3) is 0 Å². The Morgan fingerprint density at radius 3 is 2.83 bits per heavy atom. The van der Waals surface area contributed by atoms with Crippen LogP contribution in [0.3, 0.4) is 0 Å². The molecule has 1 heterocycles. The van der Waals surface area contributed by atoms with Gasteiger partial charge in [-0.05, 0) is 31.2 Å². The minimum atomic E-state index is -0.667. The predicted molar refractivity (Wildman–Crippen MR) is 50.6 cm³/mol. The van der Waals surface area contributed by atoms with Crippen LogP contribution in [0, 0.1) is 11.8 Å². The van der Waals surface area contributed by atoms with Crippen molar-refractivity contribution >= 4 is 23.0 Å². The summed E-state index contributed by atoms with van der Waals surface area (Å²) in [7, 11) is 0. The van der Waals surface area contributed by atoms with E-state index in [-0.39, 0.29) is 23.0 Å². The minimum absolute atomic E-state index is 0. The number of carboxylic acids is 1. The zero-order valence-electron chi connectivity index (χ0n) is 6.82. The highest BCUT2D eigenvalue weighted by molar-refractivity contribution is 8.93. The second-order valence-electron chi connectivity index (χ2n) is 3.58. The Kier molecular flexibility index (Phi) is 3.12. The third-order valence-electron chi connectivity index (χ3n) is 3.01. The number of nitrogens with one attached hydrogen (secondary N) is 1. The summed E-state index contributed by atoms with van der Waals surface area (Å²) in [5, 5.41) is 11.9. The molecule has 2 rings (SSSR count). The van der Waals surface area contributed by atoms with Crippen molar-refractivity contribution < 1.29 is 9.90 Å². The van der Waals surface area contributed by atoms with Crippen LogP contribution in [0.25, 0.3) is 0 Å². The molecule has 0 aromatic carbocycles. The van der Waals surface area contributed by atoms with E-state index in [0.717, 1.165) is 13.0 Å². The van der Waals surface area contributed by atoms with Crippen LogP contribution in [-0.2, 0) is 4.79 Å². The van der Waals surface area contributed by atoms with E-state index < -0.39 is 5.97 Å². The summed E-state index contributed by atoms with van der Waals surface area (Å²) in [6, 6.07) is -0.248. The standard InChI is InChI=1S/C8H13NO2.BrH/c10-8(11)7-6-3-1-2-5(6)4-9-7;/h5-7,9H,1-4H2,(H,10,11);1H/t5-,6-,7?;/m1./s1. The molecule has 0 aromatic rings. The number of halogens is 1. The molecule has 0 amide bonds. The van der Waals surface area contributed by atoms with Gasteiger partial charge < -0.3 is 10.4 Å². The van der Waals surface area contributed by atoms with Gasteiger partial charge in [-0.25, -0.2) is 0 Å². The minimum Gasteiger partial charge on any atom is -0.480 e. The van der Waals surface area contributed by atoms with Crippen LogP contribution < -0.4 is 5.32 Å². The Balaban J connectivity index is 0.000000720. The monoisotopic (exact) mass is 235 g/mol. The molecule has 0 radical (unpaired) electrons. The normalized spacial score (nSPS) is 38.8. The Morgan fingerprint density at radius 2 is 2.17 bits per heavy atom. The van der Waals surface area contributed by atoms with Crippen LogP contribution in [0.15, 0.2) is 0 Å². The van der Waals surface area contributed by atoms with Gasteiger partial charge in [0.2, 0.25) is 0 Å². The molecule has 0 spiro atoms. The van der Waals surface area contributed by atoms with E-state index in [9.17, 15) is 4.79 Å². The topological polar surface area (TPSA) is 49.3 Å². The van der Waals surface area contributed by atoms with Gasteiger partial charge in [0.1, 0.15) is 6.04 Å². The zero-order chi connectivity index (χ0) is 7.84. The molecule has 3 atom stereocenters. The van der Waals surface area contributed by atoms with Gasteiger partial charge in [-0.3, -0.25) is 4.79 Å². The number of fused-ring (bicyclic) bond motifs is 1. The smallest absolute Gasteiger partial charge is 0.320 e. The number of aliphatic carboxylic acids is 1. The van der Waals surface area contributed by atoms with Crippen molar-refractivity contribution in [3.05, 3.63) is 0 Å². The Hall–Kier alpha value is -0.0900. The fraction of sp³-hybridized carbons (Fsp3) is 0.875. The molecule has 0 aromatic heterocycles. The van der Waals surface area contributed by atoms with Gasteiger partial charge in [0, 0.05) is 0 Å². The molecule has 1 unspecified atom stereocenters. The number of hydrogen-bond acceptors (Lipinski definition) is 2. The zero-order valence-corrected chi connectivity index (χ0v) is 8.54. The summed E-state index contributed by atoms with van der Waals surface area (Å²) in [6.45, 7) is 0.918. The number of hydrogen-bond donors (Lipinski definition) is 2. The molecule has 4 heteroatoms. The van der Waals surface area contributed by atoms with Crippen LogP contribution in [0.1, 0.15) is 19.3 Å². The highest BCUT2D eigenvalue weighted by Gasteiger charge is 2.42. The van der Waals surface area contributed by atoms with Crippen molar-refractivity contribution in [2.75, 3.05) is 6.54 Å². The maximum absolute atomic E-state index is 10.7. The molecule has 2 N–H and O–H groups in total. The lowest BCUT2D eigenvalue weighted by atomic mass is 9.94. The number of rotatable bonds is 1. The summed E-state index contributed by atoms with van der Waals surface area (Å²) < 4.78 is 0. The van der Waals surface area contributed by atoms with E-state index in [0.29, 0.717) is 11.8 Å². The van der Waals surface area contributed by atoms with Crippen LogP contribution in [-0.4, -0.2) is 23.7 Å². The predicted octanol–water partition coefficient (Wildman–Crippen LogP) is 1.04. The Labute approximate surface area is 82.3 Å². The first-order valence-corrected chi connectivity index (χ1v) is 4.25. The molecule has 1 saturated carbocycles. The van der Waals surface area contributed by atoms with Gasteiger partial charge in [-0.2, -0.15) is 0 Å². The fourth-order valence-electron chi connectivity index (χ4n) is 2.46. The maximum Gasteiger partial charge on any atom is 0.320 e. The summed E-state index contributed by atoms with van der Waals surface area (Å²) in [4.78, 5) is 10.7. The quantitative estimate of drug-likeness (QED) is 0.715. The summed E-state index contributed by atoms with van der Waals surface area (Å²) in [5.41, 5.74) is 0. The lowest BCUT2D eigenvalue weighted by Gasteiger charge is -2.12. The lowest BCUT2D eigenvalue weighted by molar-refractivity contribution is -0.140. The molecule has 1 saturated heterocycles. The molecule has 3 nitrogen and oxygen atoms in total. The number of carbonyl (C=O) groups is 1. The lowest BCUT2D eigenvalue weighted by Crippen LogP contribution is -2.35. The second-order valence-corrected chi connectivity index (χ2v) is 3.58. The summed E-state index contributed by atoms with van der Waals surface area (Å²) >= 11 is 0. The van der Waals surface area contributed by atoms with E-state index in [4.69, 9.17) is 5.11 Å². The third-order valence-corrected chi connectivity index (χ3v) is 3.01. The highest BCUT2D eigenvalue weighted by Crippen LogP contribution is 2.37. The first-order valence-electron chi connectivity index (χ1n) is 4.25. The van der Waals surface area contributed by atoms with Crippen LogP contribution >= 0.6 is 17.0 Å². The van der Waals surface area contributed by atoms with Crippen molar-refractivity contribution in [3.8, 4) is 0 Å². The molecule has 0 bridgehead atoms. The van der Waals surface area contributed by atoms with Crippen molar-refractivity contribution in [3.63, 3.8) is 0 Å². The van der Waals surface area contributed by atoms with E-state index in [2.05, 4.69) is 5.32 Å². The molecule has 1 aliphatic heterocycles. The van der Waals surface area contributed by atoms with Crippen molar-refractivity contribution in [1.29, 1.82) is 0 Å². The van der Waals surface area contributed by atoms with E-state index >= 15 is 0 Å². The average Bonchev–Trinajstić information content (AvgIpc) is 2.41. The van der Waals surface area contributed by atoms with Crippen molar-refractivity contribution in [1.82, 2.24) is 5.32 Å². The molecule has 12 heavy (non-hydrogen) atoms. The molecular formula is C8H14BrNO2. The largest absolute Gasteiger partial charge is 0.480 e. The van der Waals surface area contributed by atoms with E-state index in [1.807, 2.05) is 0 Å². The van der Waals surface area contributed by atoms with Crippen LogP contribution in [0.4, 0.5) is 0 Å². The second kappa shape index (κ2) is 3.75.